The molecule has 132 valence electrons. The molecule has 0 rings (SSSR count). The Hall–Kier alpha value is 0.450. The van der Waals surface area contributed by atoms with Crippen LogP contribution in [0, 0.1) is 0 Å². The smallest absolute Gasteiger partial charge is 1.00 e. The molecule has 0 aromatic heterocycles. The Bertz CT molecular complexity index is 310. The SMILES string of the molecule is CCCCCCCCCCCC(=O)CSCC[C@H](N)C(=O)O.[H-].[Na+]. The van der Waals surface area contributed by atoms with E-state index in [-0.39, 0.29) is 36.8 Å². The van der Waals surface area contributed by atoms with E-state index in [1.165, 1.54) is 56.7 Å². The molecule has 0 heterocycles. The summed E-state index contributed by atoms with van der Waals surface area (Å²) in [6.07, 6.45) is 12.4. The molecule has 23 heavy (non-hydrogen) atoms. The quantitative estimate of drug-likeness (QED) is 0.320. The second kappa shape index (κ2) is 18.8. The topological polar surface area (TPSA) is 80.4 Å². The van der Waals surface area contributed by atoms with Gasteiger partial charge in [0.15, 0.2) is 0 Å². The number of carbonyl (C=O) groups is 2. The number of hydrogen-bond acceptors (Lipinski definition) is 4. The second-order valence-corrected chi connectivity index (χ2v) is 7.01. The molecule has 0 amide bonds. The fourth-order valence-electron chi connectivity index (χ4n) is 2.22. The van der Waals surface area contributed by atoms with Gasteiger partial charge in [-0.05, 0) is 18.6 Å². The summed E-state index contributed by atoms with van der Waals surface area (Å²) in [5.41, 5.74) is 5.40. The van der Waals surface area contributed by atoms with Gasteiger partial charge in [-0.1, -0.05) is 58.3 Å². The van der Waals surface area contributed by atoms with Crippen LogP contribution in [0.25, 0.3) is 0 Å². The van der Waals surface area contributed by atoms with Gasteiger partial charge in [-0.2, -0.15) is 11.8 Å². The summed E-state index contributed by atoms with van der Waals surface area (Å²) in [5, 5.41) is 8.64. The van der Waals surface area contributed by atoms with E-state index in [0.29, 0.717) is 24.3 Å². The van der Waals surface area contributed by atoms with Gasteiger partial charge in [-0.25, -0.2) is 0 Å². The molecule has 0 aliphatic rings. The number of ketones is 1. The third-order valence-corrected chi connectivity index (χ3v) is 4.76. The van der Waals surface area contributed by atoms with Crippen molar-refractivity contribution in [3.8, 4) is 0 Å². The van der Waals surface area contributed by atoms with Gasteiger partial charge >= 0.3 is 35.5 Å². The van der Waals surface area contributed by atoms with Crippen LogP contribution in [0.3, 0.4) is 0 Å². The number of hydrogen-bond donors (Lipinski definition) is 2. The maximum absolute atomic E-state index is 11.7. The number of carbonyl (C=O) groups excluding carboxylic acids is 1. The molecule has 0 aliphatic heterocycles. The molecule has 0 aromatic rings. The van der Waals surface area contributed by atoms with Crippen molar-refractivity contribution in [1.29, 1.82) is 0 Å². The number of unbranched alkanes of at least 4 members (excludes halogenated alkanes) is 8. The molecule has 0 aliphatic carbocycles. The van der Waals surface area contributed by atoms with E-state index in [1.807, 2.05) is 0 Å². The minimum Gasteiger partial charge on any atom is -1.00 e. The normalized spacial score (nSPS) is 11.7. The zero-order chi connectivity index (χ0) is 16.6. The van der Waals surface area contributed by atoms with Crippen molar-refractivity contribution in [2.75, 3.05) is 11.5 Å². The van der Waals surface area contributed by atoms with Crippen molar-refractivity contribution >= 4 is 23.5 Å². The van der Waals surface area contributed by atoms with E-state index in [0.717, 1.165) is 12.8 Å². The van der Waals surface area contributed by atoms with Gasteiger partial charge in [0.05, 0.1) is 5.75 Å². The van der Waals surface area contributed by atoms with E-state index in [4.69, 9.17) is 10.8 Å². The first-order chi connectivity index (χ1) is 10.6. The minimum atomic E-state index is -0.971. The Morgan fingerprint density at radius 3 is 2.09 bits per heavy atom. The molecule has 0 unspecified atom stereocenters. The number of nitrogens with two attached hydrogens (primary N) is 1. The van der Waals surface area contributed by atoms with Gasteiger partial charge in [0, 0.05) is 6.42 Å². The van der Waals surface area contributed by atoms with Crippen LogP contribution in [-0.4, -0.2) is 34.4 Å². The Morgan fingerprint density at radius 2 is 1.57 bits per heavy atom. The fraction of sp³-hybridized carbons (Fsp3) is 0.882. The largest absolute Gasteiger partial charge is 1.00 e. The summed E-state index contributed by atoms with van der Waals surface area (Å²) in [7, 11) is 0. The molecule has 4 nitrogen and oxygen atoms in total. The Labute approximate surface area is 169 Å². The maximum Gasteiger partial charge on any atom is 1.00 e. The standard InChI is InChI=1S/C17H33NO3S.Na.H/c1-2-3-4-5-6-7-8-9-10-11-15(19)14-22-13-12-16(18)17(20)21;;/h16H,2-14,18H2,1H3,(H,20,21);;/q;+1;-1/t16-;;/m0../s1. The van der Waals surface area contributed by atoms with E-state index in [1.54, 1.807) is 0 Å². The fourth-order valence-corrected chi connectivity index (χ4v) is 3.16. The third-order valence-electron chi connectivity index (χ3n) is 3.71. The second-order valence-electron chi connectivity index (χ2n) is 5.90. The van der Waals surface area contributed by atoms with Gasteiger partial charge in [-0.15, -0.1) is 0 Å². The molecule has 0 radical (unpaired) electrons. The van der Waals surface area contributed by atoms with Crippen LogP contribution in [0.2, 0.25) is 0 Å². The monoisotopic (exact) mass is 355 g/mol. The van der Waals surface area contributed by atoms with Gasteiger partial charge in [0.25, 0.3) is 0 Å². The van der Waals surface area contributed by atoms with Crippen molar-refractivity contribution < 1.29 is 45.7 Å². The number of aliphatic carboxylic acids is 1. The number of carboxylic acids is 1. The number of Topliss-reactive ketones (excluding diaryl/α,β-unsaturated/α-hetero) is 1. The van der Waals surface area contributed by atoms with Crippen LogP contribution in [0.1, 0.15) is 79.0 Å². The Kier molecular flexibility index (Phi) is 21.0. The molecule has 3 N–H and O–H groups in total. The van der Waals surface area contributed by atoms with Crippen molar-refractivity contribution in [3.63, 3.8) is 0 Å². The maximum atomic E-state index is 11.7. The van der Waals surface area contributed by atoms with E-state index in [2.05, 4.69) is 6.92 Å². The molecule has 0 fully saturated rings. The van der Waals surface area contributed by atoms with E-state index in [9.17, 15) is 9.59 Å². The van der Waals surface area contributed by atoms with E-state index < -0.39 is 12.0 Å². The van der Waals surface area contributed by atoms with Gasteiger partial charge < -0.3 is 12.3 Å². The molecule has 6 heteroatoms. The molecular weight excluding hydrogens is 321 g/mol. The van der Waals surface area contributed by atoms with Crippen LogP contribution in [0.5, 0.6) is 0 Å². The van der Waals surface area contributed by atoms with Crippen LogP contribution in [0.15, 0.2) is 0 Å². The van der Waals surface area contributed by atoms with E-state index >= 15 is 0 Å². The molecule has 0 saturated carbocycles. The third kappa shape index (κ3) is 18.6. The van der Waals surface area contributed by atoms with Gasteiger partial charge in [-0.3, -0.25) is 9.59 Å². The Balaban J connectivity index is -0.00000220. The first-order valence-corrected chi connectivity index (χ1v) is 9.81. The van der Waals surface area contributed by atoms with Crippen LogP contribution < -0.4 is 35.3 Å². The zero-order valence-electron chi connectivity index (χ0n) is 16.0. The van der Waals surface area contributed by atoms with Gasteiger partial charge in [0.1, 0.15) is 11.8 Å². The summed E-state index contributed by atoms with van der Waals surface area (Å²) in [6, 6.07) is -0.806. The summed E-state index contributed by atoms with van der Waals surface area (Å²) in [6.45, 7) is 2.23. The first kappa shape index (κ1) is 25.7. The van der Waals surface area contributed by atoms with Crippen LogP contribution >= 0.6 is 11.8 Å². The van der Waals surface area contributed by atoms with Crippen LogP contribution in [-0.2, 0) is 9.59 Å². The summed E-state index contributed by atoms with van der Waals surface area (Å²) in [4.78, 5) is 22.2. The Morgan fingerprint density at radius 1 is 1.04 bits per heavy atom. The number of thioether (sulfide) groups is 1. The van der Waals surface area contributed by atoms with Gasteiger partial charge in [0.2, 0.25) is 0 Å². The predicted molar refractivity (Wildman–Crippen MR) is 95.5 cm³/mol. The molecule has 0 saturated heterocycles. The number of carboxylic acid groups (broad SMARTS) is 1. The molecule has 1 atom stereocenters. The molecule has 0 aromatic carbocycles. The minimum absolute atomic E-state index is 0. The molecular formula is C17H34NNaO3S. The van der Waals surface area contributed by atoms with Crippen molar-refractivity contribution in [1.82, 2.24) is 0 Å². The molecule has 0 bridgehead atoms. The average molecular weight is 356 g/mol. The van der Waals surface area contributed by atoms with Crippen molar-refractivity contribution in [2.45, 2.75) is 83.6 Å². The zero-order valence-corrected chi connectivity index (χ0v) is 17.8. The van der Waals surface area contributed by atoms with Crippen molar-refractivity contribution in [3.05, 3.63) is 0 Å². The number of rotatable bonds is 16. The summed E-state index contributed by atoms with van der Waals surface area (Å²) in [5.74, 6) is 0.429. The van der Waals surface area contributed by atoms with Crippen LogP contribution in [0.4, 0.5) is 0 Å². The molecule has 0 spiro atoms. The summed E-state index contributed by atoms with van der Waals surface area (Å²) >= 11 is 1.49. The predicted octanol–water partition coefficient (Wildman–Crippen LogP) is 1.13. The average Bonchev–Trinajstić information content (AvgIpc) is 2.49. The van der Waals surface area contributed by atoms with Crippen molar-refractivity contribution in [2.24, 2.45) is 5.73 Å². The first-order valence-electron chi connectivity index (χ1n) is 8.65. The summed E-state index contributed by atoms with van der Waals surface area (Å²) < 4.78 is 0.